The zero-order chi connectivity index (χ0) is 10.8. The van der Waals surface area contributed by atoms with Crippen LogP contribution in [0.25, 0.3) is 0 Å². The van der Waals surface area contributed by atoms with Crippen LogP contribution in [-0.4, -0.2) is 31.1 Å². The lowest BCUT2D eigenvalue weighted by molar-refractivity contribution is 0.398. The first-order valence-electron chi connectivity index (χ1n) is 5.63. The summed E-state index contributed by atoms with van der Waals surface area (Å²) in [5.74, 6) is 0. The van der Waals surface area contributed by atoms with Crippen molar-refractivity contribution < 1.29 is 0 Å². The quantitative estimate of drug-likeness (QED) is 0.846. The van der Waals surface area contributed by atoms with Gasteiger partial charge in [0.2, 0.25) is 0 Å². The molecule has 0 saturated carbocycles. The van der Waals surface area contributed by atoms with E-state index in [-0.39, 0.29) is 0 Å². The molecule has 0 amide bonds. The van der Waals surface area contributed by atoms with Gasteiger partial charge in [-0.3, -0.25) is 0 Å². The van der Waals surface area contributed by atoms with Crippen LogP contribution in [0.5, 0.6) is 0 Å². The fourth-order valence-electron chi connectivity index (χ4n) is 2.08. The molecule has 2 nitrogen and oxygen atoms in total. The molecule has 0 aromatic carbocycles. The van der Waals surface area contributed by atoms with Crippen LogP contribution in [-0.2, 0) is 6.54 Å². The molecule has 1 fully saturated rings. The molecule has 1 aliphatic heterocycles. The minimum atomic E-state index is 0.692. The van der Waals surface area contributed by atoms with Gasteiger partial charge >= 0.3 is 0 Å². The predicted molar refractivity (Wildman–Crippen MR) is 66.5 cm³/mol. The number of likely N-dealkylation sites (N-methyl/N-ethyl adjacent to an activating group) is 1. The zero-order valence-electron chi connectivity index (χ0n) is 9.84. The molecule has 1 unspecified atom stereocenters. The third kappa shape index (κ3) is 2.80. The maximum atomic E-state index is 3.64. The Labute approximate surface area is 96.3 Å². The van der Waals surface area contributed by atoms with Crippen molar-refractivity contribution in [1.82, 2.24) is 10.2 Å². The second-order valence-electron chi connectivity index (χ2n) is 4.58. The topological polar surface area (TPSA) is 15.3 Å². The Kier molecular flexibility index (Phi) is 3.44. The summed E-state index contributed by atoms with van der Waals surface area (Å²) in [5, 5.41) is 3.64. The number of hydrogen-bond donors (Lipinski definition) is 1. The van der Waals surface area contributed by atoms with Crippen LogP contribution >= 0.6 is 11.3 Å². The third-order valence-electron chi connectivity index (χ3n) is 3.17. The second kappa shape index (κ2) is 4.64. The van der Waals surface area contributed by atoms with Gasteiger partial charge in [0.05, 0.1) is 0 Å². The maximum absolute atomic E-state index is 3.64. The van der Waals surface area contributed by atoms with Gasteiger partial charge in [0.1, 0.15) is 0 Å². The van der Waals surface area contributed by atoms with E-state index in [2.05, 4.69) is 37.2 Å². The van der Waals surface area contributed by atoms with E-state index >= 15 is 0 Å². The van der Waals surface area contributed by atoms with Gasteiger partial charge in [-0.15, -0.1) is 11.3 Å². The molecule has 2 heterocycles. The van der Waals surface area contributed by atoms with Gasteiger partial charge in [-0.2, -0.15) is 0 Å². The smallest absolute Gasteiger partial charge is 0.0303 e. The maximum Gasteiger partial charge on any atom is 0.0303 e. The van der Waals surface area contributed by atoms with E-state index in [1.165, 1.54) is 34.8 Å². The summed E-state index contributed by atoms with van der Waals surface area (Å²) in [6.07, 6.45) is 1.29. The van der Waals surface area contributed by atoms with Crippen LogP contribution in [0.3, 0.4) is 0 Å². The molecule has 15 heavy (non-hydrogen) atoms. The summed E-state index contributed by atoms with van der Waals surface area (Å²) in [4.78, 5) is 5.32. The first kappa shape index (κ1) is 11.1. The molecule has 1 aliphatic rings. The number of nitrogens with zero attached hydrogens (tertiary/aromatic N) is 1. The Morgan fingerprint density at radius 3 is 2.87 bits per heavy atom. The predicted octanol–water partition coefficient (Wildman–Crippen LogP) is 2.16. The van der Waals surface area contributed by atoms with E-state index in [4.69, 9.17) is 0 Å². The fourth-order valence-corrected chi connectivity index (χ4v) is 3.09. The van der Waals surface area contributed by atoms with Crippen molar-refractivity contribution in [1.29, 1.82) is 0 Å². The SMILES string of the molecule is Cc1cc(CNC2CCN(C)C2)sc1C. The highest BCUT2D eigenvalue weighted by Crippen LogP contribution is 2.20. The van der Waals surface area contributed by atoms with Gasteiger partial charge in [0, 0.05) is 28.9 Å². The lowest BCUT2D eigenvalue weighted by Gasteiger charge is -2.11. The van der Waals surface area contributed by atoms with Gasteiger partial charge in [0.15, 0.2) is 0 Å². The lowest BCUT2D eigenvalue weighted by atomic mass is 10.2. The Morgan fingerprint density at radius 2 is 2.33 bits per heavy atom. The summed E-state index contributed by atoms with van der Waals surface area (Å²) in [6.45, 7) is 7.87. The first-order chi connectivity index (χ1) is 7.15. The van der Waals surface area contributed by atoms with E-state index in [0.717, 1.165) is 6.54 Å². The minimum absolute atomic E-state index is 0.692. The Hall–Kier alpha value is -0.380. The molecule has 2 rings (SSSR count). The Bertz CT molecular complexity index is 313. The largest absolute Gasteiger partial charge is 0.308 e. The van der Waals surface area contributed by atoms with Crippen LogP contribution in [0, 0.1) is 13.8 Å². The van der Waals surface area contributed by atoms with Crippen LogP contribution in [0.2, 0.25) is 0 Å². The summed E-state index contributed by atoms with van der Waals surface area (Å²) < 4.78 is 0. The lowest BCUT2D eigenvalue weighted by Crippen LogP contribution is -2.30. The number of rotatable bonds is 3. The standard InChI is InChI=1S/C12H20N2S/c1-9-6-12(15-10(9)2)7-13-11-4-5-14(3)8-11/h6,11,13H,4-5,7-8H2,1-3H3. The molecule has 3 heteroatoms. The normalized spacial score (nSPS) is 22.5. The zero-order valence-corrected chi connectivity index (χ0v) is 10.7. The highest BCUT2D eigenvalue weighted by molar-refractivity contribution is 7.12. The first-order valence-corrected chi connectivity index (χ1v) is 6.44. The monoisotopic (exact) mass is 224 g/mol. The second-order valence-corrected chi connectivity index (χ2v) is 5.92. The van der Waals surface area contributed by atoms with Crippen molar-refractivity contribution >= 4 is 11.3 Å². The summed E-state index contributed by atoms with van der Waals surface area (Å²) in [5.41, 5.74) is 1.43. The highest BCUT2D eigenvalue weighted by atomic mass is 32.1. The molecule has 0 radical (unpaired) electrons. The van der Waals surface area contributed by atoms with Crippen molar-refractivity contribution in [3.8, 4) is 0 Å². The molecular weight excluding hydrogens is 204 g/mol. The van der Waals surface area contributed by atoms with Crippen LogP contribution in [0.4, 0.5) is 0 Å². The van der Waals surface area contributed by atoms with E-state index in [1.54, 1.807) is 0 Å². The summed E-state index contributed by atoms with van der Waals surface area (Å²) in [6, 6.07) is 3.00. The third-order valence-corrected chi connectivity index (χ3v) is 4.33. The van der Waals surface area contributed by atoms with Gasteiger partial charge in [0.25, 0.3) is 0 Å². The van der Waals surface area contributed by atoms with Crippen molar-refractivity contribution in [2.45, 2.75) is 32.9 Å². The average molecular weight is 224 g/mol. The Balaban J connectivity index is 1.83. The van der Waals surface area contributed by atoms with E-state index in [1.807, 2.05) is 11.3 Å². The molecular formula is C12H20N2S. The van der Waals surface area contributed by atoms with Crippen molar-refractivity contribution in [3.05, 3.63) is 21.4 Å². The number of hydrogen-bond acceptors (Lipinski definition) is 3. The molecule has 0 spiro atoms. The van der Waals surface area contributed by atoms with Crippen molar-refractivity contribution in [2.24, 2.45) is 0 Å². The molecule has 0 aliphatic carbocycles. The molecule has 1 N–H and O–H groups in total. The van der Waals surface area contributed by atoms with E-state index in [9.17, 15) is 0 Å². The van der Waals surface area contributed by atoms with E-state index < -0.39 is 0 Å². The van der Waals surface area contributed by atoms with Gasteiger partial charge in [-0.05, 0) is 45.5 Å². The number of nitrogens with one attached hydrogen (secondary N) is 1. The van der Waals surface area contributed by atoms with E-state index in [0.29, 0.717) is 6.04 Å². The van der Waals surface area contributed by atoms with Gasteiger partial charge < -0.3 is 10.2 Å². The molecule has 84 valence electrons. The Morgan fingerprint density at radius 1 is 1.53 bits per heavy atom. The van der Waals surface area contributed by atoms with Crippen molar-refractivity contribution in [2.75, 3.05) is 20.1 Å². The summed E-state index contributed by atoms with van der Waals surface area (Å²) >= 11 is 1.92. The highest BCUT2D eigenvalue weighted by Gasteiger charge is 2.18. The molecule has 1 aromatic rings. The summed E-state index contributed by atoms with van der Waals surface area (Å²) in [7, 11) is 2.20. The van der Waals surface area contributed by atoms with Crippen LogP contribution < -0.4 is 5.32 Å². The molecule has 1 atom stereocenters. The fraction of sp³-hybridized carbons (Fsp3) is 0.667. The van der Waals surface area contributed by atoms with Crippen molar-refractivity contribution in [3.63, 3.8) is 0 Å². The van der Waals surface area contributed by atoms with Crippen LogP contribution in [0.15, 0.2) is 6.07 Å². The van der Waals surface area contributed by atoms with Gasteiger partial charge in [-0.25, -0.2) is 0 Å². The molecule has 1 saturated heterocycles. The average Bonchev–Trinajstić information content (AvgIpc) is 2.72. The molecule has 1 aromatic heterocycles. The number of thiophene rings is 1. The molecule has 0 bridgehead atoms. The number of aryl methyl sites for hydroxylation is 2. The number of likely N-dealkylation sites (tertiary alicyclic amines) is 1. The minimum Gasteiger partial charge on any atom is -0.308 e. The van der Waals surface area contributed by atoms with Gasteiger partial charge in [-0.1, -0.05) is 0 Å². The van der Waals surface area contributed by atoms with Crippen LogP contribution in [0.1, 0.15) is 21.7 Å².